The molecular weight excluding hydrogens is 212 g/mol. The molecule has 2 heteroatoms. The van der Waals surface area contributed by atoms with Crippen LogP contribution in [0, 0.1) is 19.8 Å². The van der Waals surface area contributed by atoms with Gasteiger partial charge in [0.05, 0.1) is 12.7 Å². The maximum atomic E-state index is 10.2. The molecule has 2 atom stereocenters. The van der Waals surface area contributed by atoms with Crippen molar-refractivity contribution in [3.8, 4) is 0 Å². The fourth-order valence-electron chi connectivity index (χ4n) is 2.66. The van der Waals surface area contributed by atoms with E-state index in [-0.39, 0.29) is 6.10 Å². The van der Waals surface area contributed by atoms with Crippen LogP contribution >= 0.6 is 0 Å². The van der Waals surface area contributed by atoms with E-state index in [4.69, 9.17) is 4.74 Å². The monoisotopic (exact) mass is 234 g/mol. The SMILES string of the molecule is Cc1cc(C)cc(CC(O)C2CCCOC2)c1. The van der Waals surface area contributed by atoms with Crippen LogP contribution in [0.15, 0.2) is 18.2 Å². The molecule has 0 amide bonds. The number of benzene rings is 1. The number of aliphatic hydroxyl groups is 1. The molecule has 0 aromatic heterocycles. The Hall–Kier alpha value is -0.860. The Kier molecular flexibility index (Phi) is 4.19. The third kappa shape index (κ3) is 3.55. The molecule has 1 aromatic carbocycles. The number of hydrogen-bond donors (Lipinski definition) is 1. The molecule has 1 N–H and O–H groups in total. The quantitative estimate of drug-likeness (QED) is 0.871. The van der Waals surface area contributed by atoms with Crippen LogP contribution in [0.1, 0.15) is 29.5 Å². The highest BCUT2D eigenvalue weighted by molar-refractivity contribution is 5.29. The van der Waals surface area contributed by atoms with Crippen LogP contribution in [0.3, 0.4) is 0 Å². The van der Waals surface area contributed by atoms with Gasteiger partial charge in [0.15, 0.2) is 0 Å². The second-order valence-electron chi connectivity index (χ2n) is 5.24. The maximum Gasteiger partial charge on any atom is 0.0630 e. The first-order valence-electron chi connectivity index (χ1n) is 6.48. The van der Waals surface area contributed by atoms with E-state index in [1.165, 1.54) is 16.7 Å². The number of aliphatic hydroxyl groups excluding tert-OH is 1. The Labute approximate surface area is 104 Å². The third-order valence-electron chi connectivity index (χ3n) is 3.47. The van der Waals surface area contributed by atoms with Gasteiger partial charge >= 0.3 is 0 Å². The zero-order valence-corrected chi connectivity index (χ0v) is 10.8. The van der Waals surface area contributed by atoms with Gasteiger partial charge in [0.1, 0.15) is 0 Å². The number of aryl methyl sites for hydroxylation is 2. The van der Waals surface area contributed by atoms with Gasteiger partial charge < -0.3 is 9.84 Å². The lowest BCUT2D eigenvalue weighted by molar-refractivity contribution is -0.00847. The molecule has 0 aliphatic carbocycles. The van der Waals surface area contributed by atoms with Gasteiger partial charge in [-0.05, 0) is 38.7 Å². The second kappa shape index (κ2) is 5.65. The Bertz CT molecular complexity index is 347. The van der Waals surface area contributed by atoms with Crippen molar-refractivity contribution in [2.45, 2.75) is 39.2 Å². The van der Waals surface area contributed by atoms with Crippen molar-refractivity contribution < 1.29 is 9.84 Å². The van der Waals surface area contributed by atoms with Crippen molar-refractivity contribution >= 4 is 0 Å². The van der Waals surface area contributed by atoms with Crippen LogP contribution in [-0.4, -0.2) is 24.4 Å². The Morgan fingerprint density at radius 2 is 2.00 bits per heavy atom. The third-order valence-corrected chi connectivity index (χ3v) is 3.47. The van der Waals surface area contributed by atoms with Crippen molar-refractivity contribution in [1.29, 1.82) is 0 Å². The molecular formula is C15H22O2. The summed E-state index contributed by atoms with van der Waals surface area (Å²) in [7, 11) is 0. The highest BCUT2D eigenvalue weighted by Gasteiger charge is 2.22. The highest BCUT2D eigenvalue weighted by Crippen LogP contribution is 2.21. The molecule has 1 heterocycles. The van der Waals surface area contributed by atoms with E-state index in [2.05, 4.69) is 32.0 Å². The zero-order chi connectivity index (χ0) is 12.3. The summed E-state index contributed by atoms with van der Waals surface area (Å²) < 4.78 is 5.43. The van der Waals surface area contributed by atoms with Gasteiger partial charge in [0, 0.05) is 12.5 Å². The average molecular weight is 234 g/mol. The lowest BCUT2D eigenvalue weighted by Gasteiger charge is -2.26. The fourth-order valence-corrected chi connectivity index (χ4v) is 2.66. The molecule has 1 aliphatic rings. The van der Waals surface area contributed by atoms with Crippen molar-refractivity contribution in [1.82, 2.24) is 0 Å². The topological polar surface area (TPSA) is 29.5 Å². The van der Waals surface area contributed by atoms with Crippen LogP contribution in [0.5, 0.6) is 0 Å². The first-order valence-corrected chi connectivity index (χ1v) is 6.48. The molecule has 1 aromatic rings. The molecule has 1 aliphatic heterocycles. The molecule has 1 saturated heterocycles. The highest BCUT2D eigenvalue weighted by atomic mass is 16.5. The second-order valence-corrected chi connectivity index (χ2v) is 5.24. The predicted octanol–water partition coefficient (Wildman–Crippen LogP) is 2.63. The molecule has 2 unspecified atom stereocenters. The number of hydrogen-bond acceptors (Lipinski definition) is 2. The smallest absolute Gasteiger partial charge is 0.0630 e. The molecule has 2 nitrogen and oxygen atoms in total. The van der Waals surface area contributed by atoms with Gasteiger partial charge in [0.25, 0.3) is 0 Å². The van der Waals surface area contributed by atoms with Gasteiger partial charge in [0.2, 0.25) is 0 Å². The fraction of sp³-hybridized carbons (Fsp3) is 0.600. The summed E-state index contributed by atoms with van der Waals surface area (Å²) in [6, 6.07) is 6.50. The van der Waals surface area contributed by atoms with E-state index in [0.717, 1.165) is 25.9 Å². The molecule has 17 heavy (non-hydrogen) atoms. The van der Waals surface area contributed by atoms with Crippen molar-refractivity contribution in [3.05, 3.63) is 34.9 Å². The molecule has 0 bridgehead atoms. The van der Waals surface area contributed by atoms with Gasteiger partial charge in [-0.15, -0.1) is 0 Å². The summed E-state index contributed by atoms with van der Waals surface area (Å²) in [6.07, 6.45) is 2.65. The van der Waals surface area contributed by atoms with E-state index in [0.29, 0.717) is 12.5 Å². The minimum atomic E-state index is -0.267. The van der Waals surface area contributed by atoms with E-state index >= 15 is 0 Å². The largest absolute Gasteiger partial charge is 0.392 e. The summed E-state index contributed by atoms with van der Waals surface area (Å²) in [5.74, 6) is 0.310. The van der Waals surface area contributed by atoms with Crippen LogP contribution in [0.4, 0.5) is 0 Å². The summed E-state index contributed by atoms with van der Waals surface area (Å²) in [5.41, 5.74) is 3.78. The summed E-state index contributed by atoms with van der Waals surface area (Å²) in [5, 5.41) is 10.2. The van der Waals surface area contributed by atoms with Gasteiger partial charge in [-0.1, -0.05) is 29.3 Å². The molecule has 0 radical (unpaired) electrons. The van der Waals surface area contributed by atoms with Crippen molar-refractivity contribution in [2.75, 3.05) is 13.2 Å². The molecule has 0 saturated carbocycles. The lowest BCUT2D eigenvalue weighted by atomic mass is 9.91. The molecule has 1 fully saturated rings. The lowest BCUT2D eigenvalue weighted by Crippen LogP contribution is -2.30. The molecule has 2 rings (SSSR count). The Balaban J connectivity index is 1.99. The first-order chi connectivity index (χ1) is 8.15. The van der Waals surface area contributed by atoms with E-state index in [9.17, 15) is 5.11 Å². The Morgan fingerprint density at radius 1 is 1.29 bits per heavy atom. The minimum Gasteiger partial charge on any atom is -0.392 e. The van der Waals surface area contributed by atoms with Crippen LogP contribution in [0.25, 0.3) is 0 Å². The van der Waals surface area contributed by atoms with Gasteiger partial charge in [-0.2, -0.15) is 0 Å². The Morgan fingerprint density at radius 3 is 2.59 bits per heavy atom. The predicted molar refractivity (Wildman–Crippen MR) is 69.2 cm³/mol. The van der Waals surface area contributed by atoms with Crippen molar-refractivity contribution in [2.24, 2.45) is 5.92 Å². The van der Waals surface area contributed by atoms with Gasteiger partial charge in [-0.3, -0.25) is 0 Å². The zero-order valence-electron chi connectivity index (χ0n) is 10.8. The number of rotatable bonds is 3. The maximum absolute atomic E-state index is 10.2. The number of ether oxygens (including phenoxy) is 1. The molecule has 94 valence electrons. The van der Waals surface area contributed by atoms with E-state index in [1.54, 1.807) is 0 Å². The summed E-state index contributed by atoms with van der Waals surface area (Å²) in [4.78, 5) is 0. The normalized spacial score (nSPS) is 22.4. The minimum absolute atomic E-state index is 0.267. The van der Waals surface area contributed by atoms with Crippen LogP contribution in [-0.2, 0) is 11.2 Å². The average Bonchev–Trinajstić information content (AvgIpc) is 2.28. The van der Waals surface area contributed by atoms with E-state index in [1.807, 2.05) is 0 Å². The van der Waals surface area contributed by atoms with Crippen LogP contribution in [0.2, 0.25) is 0 Å². The standard InChI is InChI=1S/C15H22O2/c1-11-6-12(2)8-13(7-11)9-15(16)14-4-3-5-17-10-14/h6-8,14-16H,3-5,9-10H2,1-2H3. The first kappa shape index (κ1) is 12.6. The molecule has 0 spiro atoms. The van der Waals surface area contributed by atoms with Crippen molar-refractivity contribution in [3.63, 3.8) is 0 Å². The van der Waals surface area contributed by atoms with Gasteiger partial charge in [-0.25, -0.2) is 0 Å². The summed E-state index contributed by atoms with van der Waals surface area (Å²) in [6.45, 7) is 5.78. The van der Waals surface area contributed by atoms with E-state index < -0.39 is 0 Å². The van der Waals surface area contributed by atoms with Crippen LogP contribution < -0.4 is 0 Å². The summed E-state index contributed by atoms with van der Waals surface area (Å²) >= 11 is 0.